The van der Waals surface area contributed by atoms with Crippen LogP contribution in [0, 0.1) is 5.41 Å². The van der Waals surface area contributed by atoms with Gasteiger partial charge >= 0.3 is 0 Å². The van der Waals surface area contributed by atoms with E-state index < -0.39 is 0 Å². The SMILES string of the molecule is N=C(N)/C=C(N)\C=N/NN. The van der Waals surface area contributed by atoms with Crippen molar-refractivity contribution in [2.45, 2.75) is 0 Å². The van der Waals surface area contributed by atoms with E-state index in [1.165, 1.54) is 12.3 Å². The number of hydrazone groups is 1. The fraction of sp³-hybridized carbons (Fsp3) is 0. The molecule has 0 heterocycles. The second-order valence-electron chi connectivity index (χ2n) is 1.49. The molecule has 0 saturated heterocycles. The normalized spacial score (nSPS) is 11.9. The fourth-order valence-corrected chi connectivity index (χ4v) is 0.329. The van der Waals surface area contributed by atoms with Gasteiger partial charge in [0.1, 0.15) is 5.84 Å². The molecule has 0 aliphatic carbocycles. The Morgan fingerprint density at radius 3 is 2.50 bits per heavy atom. The zero-order chi connectivity index (χ0) is 7.98. The molecule has 0 rings (SSSR count). The summed E-state index contributed by atoms with van der Waals surface area (Å²) in [6.45, 7) is 0. The third kappa shape index (κ3) is 4.60. The van der Waals surface area contributed by atoms with Gasteiger partial charge in [0.2, 0.25) is 0 Å². The van der Waals surface area contributed by atoms with E-state index in [2.05, 4.69) is 5.10 Å². The summed E-state index contributed by atoms with van der Waals surface area (Å²) >= 11 is 0. The Morgan fingerprint density at radius 2 is 2.10 bits per heavy atom. The quantitative estimate of drug-likeness (QED) is 0.138. The molecule has 0 radical (unpaired) electrons. The maximum Gasteiger partial charge on any atom is 0.117 e. The number of nitrogens with zero attached hydrogens (tertiary/aromatic N) is 1. The summed E-state index contributed by atoms with van der Waals surface area (Å²) in [5, 5.41) is 10.2. The van der Waals surface area contributed by atoms with Crippen LogP contribution >= 0.6 is 0 Å². The van der Waals surface area contributed by atoms with Crippen LogP contribution in [-0.2, 0) is 0 Å². The monoisotopic (exact) mass is 142 g/mol. The van der Waals surface area contributed by atoms with Gasteiger partial charge in [0.15, 0.2) is 0 Å². The number of nitrogens with one attached hydrogen (secondary N) is 2. The Bertz CT molecular complexity index is 169. The molecule has 0 aromatic rings. The highest BCUT2D eigenvalue weighted by molar-refractivity contribution is 5.94. The van der Waals surface area contributed by atoms with E-state index in [-0.39, 0.29) is 11.5 Å². The Hall–Kier alpha value is -1.56. The zero-order valence-corrected chi connectivity index (χ0v) is 5.33. The number of nitrogens with two attached hydrogens (primary N) is 3. The number of hydrogen-bond donors (Lipinski definition) is 5. The first kappa shape index (κ1) is 8.44. The maximum atomic E-state index is 6.77. The van der Waals surface area contributed by atoms with Gasteiger partial charge in [-0.15, -0.1) is 0 Å². The van der Waals surface area contributed by atoms with Crippen molar-refractivity contribution in [3.8, 4) is 0 Å². The smallest absolute Gasteiger partial charge is 0.117 e. The van der Waals surface area contributed by atoms with E-state index in [4.69, 9.17) is 22.7 Å². The minimum atomic E-state index is -0.124. The molecule has 6 heteroatoms. The van der Waals surface area contributed by atoms with Crippen LogP contribution in [0.4, 0.5) is 0 Å². The predicted molar refractivity (Wildman–Crippen MR) is 40.0 cm³/mol. The van der Waals surface area contributed by atoms with E-state index >= 15 is 0 Å². The molecular weight excluding hydrogens is 132 g/mol. The summed E-state index contributed by atoms with van der Waals surface area (Å²) in [5.74, 6) is 4.67. The maximum absolute atomic E-state index is 6.77. The lowest BCUT2D eigenvalue weighted by Crippen LogP contribution is -2.16. The van der Waals surface area contributed by atoms with Crippen LogP contribution in [0.2, 0.25) is 0 Å². The van der Waals surface area contributed by atoms with Gasteiger partial charge in [-0.25, -0.2) is 11.4 Å². The van der Waals surface area contributed by atoms with Crippen molar-refractivity contribution in [3.05, 3.63) is 11.8 Å². The third-order valence-electron chi connectivity index (χ3n) is 0.610. The number of amidine groups is 1. The predicted octanol–water partition coefficient (Wildman–Crippen LogP) is -1.79. The molecule has 6 nitrogen and oxygen atoms in total. The molecule has 56 valence electrons. The molecule has 8 N–H and O–H groups in total. The summed E-state index contributed by atoms with van der Waals surface area (Å²) < 4.78 is 0. The summed E-state index contributed by atoms with van der Waals surface area (Å²) in [5.41, 5.74) is 12.5. The van der Waals surface area contributed by atoms with Gasteiger partial charge in [-0.1, -0.05) is 0 Å². The average Bonchev–Trinajstić information content (AvgIpc) is 1.82. The van der Waals surface area contributed by atoms with Crippen molar-refractivity contribution in [3.63, 3.8) is 0 Å². The molecule has 0 fully saturated rings. The highest BCUT2D eigenvalue weighted by atomic mass is 15.5. The second kappa shape index (κ2) is 4.33. The van der Waals surface area contributed by atoms with Crippen LogP contribution in [0.3, 0.4) is 0 Å². The molecule has 10 heavy (non-hydrogen) atoms. The van der Waals surface area contributed by atoms with Gasteiger partial charge in [0.25, 0.3) is 0 Å². The van der Waals surface area contributed by atoms with Gasteiger partial charge < -0.3 is 11.5 Å². The summed E-state index contributed by atoms with van der Waals surface area (Å²) in [6.07, 6.45) is 2.50. The molecule has 0 amide bonds. The molecule has 0 atom stereocenters. The van der Waals surface area contributed by atoms with Gasteiger partial charge in [-0.2, -0.15) is 5.10 Å². The molecule has 0 spiro atoms. The molecule has 0 aliphatic rings. The first-order valence-electron chi connectivity index (χ1n) is 2.46. The largest absolute Gasteiger partial charge is 0.397 e. The Labute approximate surface area is 58.2 Å². The Kier molecular flexibility index (Phi) is 3.66. The Morgan fingerprint density at radius 1 is 1.50 bits per heavy atom. The number of hydrazine groups is 1. The second-order valence-corrected chi connectivity index (χ2v) is 1.49. The lowest BCUT2D eigenvalue weighted by atomic mass is 10.4. The van der Waals surface area contributed by atoms with Crippen molar-refractivity contribution < 1.29 is 0 Å². The highest BCUT2D eigenvalue weighted by Crippen LogP contribution is 1.75. The van der Waals surface area contributed by atoms with Gasteiger partial charge in [0, 0.05) is 6.08 Å². The van der Waals surface area contributed by atoms with E-state index in [0.717, 1.165) is 0 Å². The molecular formula is C4H10N6. The lowest BCUT2D eigenvalue weighted by molar-refractivity contribution is 0.810. The molecule has 0 aromatic carbocycles. The van der Waals surface area contributed by atoms with E-state index in [9.17, 15) is 0 Å². The van der Waals surface area contributed by atoms with Crippen LogP contribution in [0.5, 0.6) is 0 Å². The topological polar surface area (TPSA) is 126 Å². The average molecular weight is 142 g/mol. The van der Waals surface area contributed by atoms with E-state index in [1.807, 2.05) is 5.53 Å². The minimum Gasteiger partial charge on any atom is -0.397 e. The van der Waals surface area contributed by atoms with E-state index in [0.29, 0.717) is 0 Å². The zero-order valence-electron chi connectivity index (χ0n) is 5.33. The number of allylic oxidation sites excluding steroid dienone is 1. The van der Waals surface area contributed by atoms with Crippen LogP contribution in [-0.4, -0.2) is 12.1 Å². The Balaban J connectivity index is 3.94. The molecule has 0 unspecified atom stereocenters. The summed E-state index contributed by atoms with van der Waals surface area (Å²) in [4.78, 5) is 0. The van der Waals surface area contributed by atoms with Crippen molar-refractivity contribution in [2.24, 2.45) is 22.4 Å². The summed E-state index contributed by atoms with van der Waals surface area (Å²) in [6, 6.07) is 0. The molecule has 0 bridgehead atoms. The van der Waals surface area contributed by atoms with Gasteiger partial charge in [-0.05, 0) is 0 Å². The highest BCUT2D eigenvalue weighted by Gasteiger charge is 1.83. The van der Waals surface area contributed by atoms with Crippen LogP contribution in [0.1, 0.15) is 0 Å². The summed E-state index contributed by atoms with van der Waals surface area (Å²) in [7, 11) is 0. The minimum absolute atomic E-state index is 0.124. The van der Waals surface area contributed by atoms with Crippen molar-refractivity contribution >= 4 is 12.1 Å². The van der Waals surface area contributed by atoms with Crippen molar-refractivity contribution in [1.29, 1.82) is 5.41 Å². The first-order valence-corrected chi connectivity index (χ1v) is 2.46. The number of rotatable bonds is 3. The van der Waals surface area contributed by atoms with Crippen molar-refractivity contribution in [2.75, 3.05) is 0 Å². The van der Waals surface area contributed by atoms with Crippen LogP contribution in [0.15, 0.2) is 16.9 Å². The third-order valence-corrected chi connectivity index (χ3v) is 0.610. The van der Waals surface area contributed by atoms with Gasteiger partial charge in [0.05, 0.1) is 11.9 Å². The first-order chi connectivity index (χ1) is 4.66. The van der Waals surface area contributed by atoms with Crippen molar-refractivity contribution in [1.82, 2.24) is 5.53 Å². The molecule has 0 aromatic heterocycles. The molecule has 0 saturated carbocycles. The van der Waals surface area contributed by atoms with Gasteiger partial charge in [-0.3, -0.25) is 5.41 Å². The fourth-order valence-electron chi connectivity index (χ4n) is 0.329. The van der Waals surface area contributed by atoms with Crippen LogP contribution < -0.4 is 22.8 Å². The standard InChI is InChI=1S/C4H10N6/c5-3(1-4(6)7)2-9-10-8/h1-2,10H,5,8H2,(H3,6,7)/b3-1+,9-2-. The number of hydrogen-bond acceptors (Lipinski definition) is 5. The van der Waals surface area contributed by atoms with Crippen LogP contribution in [0.25, 0.3) is 0 Å². The lowest BCUT2D eigenvalue weighted by Gasteiger charge is -1.90. The molecule has 0 aliphatic heterocycles. The van der Waals surface area contributed by atoms with E-state index in [1.54, 1.807) is 0 Å².